The van der Waals surface area contributed by atoms with Crippen LogP contribution in [-0.4, -0.2) is 69.9 Å². The molecule has 2 atom stereocenters. The topological polar surface area (TPSA) is 95.9 Å². The van der Waals surface area contributed by atoms with Crippen LogP contribution < -0.4 is 5.32 Å². The Kier molecular flexibility index (Phi) is 5.71. The molecule has 2 N–H and O–H groups in total. The van der Waals surface area contributed by atoms with E-state index in [0.717, 1.165) is 4.90 Å². The van der Waals surface area contributed by atoms with Crippen molar-refractivity contribution in [1.29, 1.82) is 0 Å². The fourth-order valence-corrected chi connectivity index (χ4v) is 4.04. The van der Waals surface area contributed by atoms with E-state index in [4.69, 9.17) is 4.74 Å². The molecule has 0 radical (unpaired) electrons. The summed E-state index contributed by atoms with van der Waals surface area (Å²) in [6.45, 7) is 0.0460. The summed E-state index contributed by atoms with van der Waals surface area (Å²) >= 11 is 0.717. The lowest BCUT2D eigenvalue weighted by atomic mass is 10.0. The number of nitrogens with zero attached hydrogens (tertiary/aromatic N) is 1. The molecule has 0 spiro atoms. The van der Waals surface area contributed by atoms with E-state index in [1.807, 2.05) is 0 Å². The first-order chi connectivity index (χ1) is 11.2. The minimum atomic E-state index is -4.54. The van der Waals surface area contributed by atoms with E-state index in [9.17, 15) is 32.7 Å². The number of amides is 2. The number of fused-ring (bicyclic) bond motifs is 1. The highest BCUT2D eigenvalue weighted by atomic mass is 32.2. The number of rotatable bonds is 6. The summed E-state index contributed by atoms with van der Waals surface area (Å²) in [6.07, 6.45) is 0. The number of carbonyl (C=O) groups excluding carboxylic acids is 2. The van der Waals surface area contributed by atoms with Crippen LogP contribution >= 0.6 is 23.5 Å². The number of halogens is 3. The maximum absolute atomic E-state index is 12.1. The number of thioether (sulfide) groups is 2. The molecule has 0 aromatic carbocycles. The molecule has 1 saturated heterocycles. The number of methoxy groups -OCH3 is 1. The molecule has 24 heavy (non-hydrogen) atoms. The van der Waals surface area contributed by atoms with Gasteiger partial charge in [-0.25, -0.2) is 4.79 Å². The van der Waals surface area contributed by atoms with Crippen LogP contribution in [0, 0.1) is 0 Å². The summed E-state index contributed by atoms with van der Waals surface area (Å²) in [5.41, 5.74) is -4.31. The second-order valence-corrected chi connectivity index (χ2v) is 7.02. The van der Waals surface area contributed by atoms with Crippen LogP contribution in [0.5, 0.6) is 0 Å². The number of carbonyl (C=O) groups is 3. The first kappa shape index (κ1) is 18.9. The number of β-lactam (4-membered cyclic amide) rings is 1. The smallest absolute Gasteiger partial charge is 0.442 e. The second kappa shape index (κ2) is 7.23. The van der Waals surface area contributed by atoms with Gasteiger partial charge >= 0.3 is 11.5 Å². The van der Waals surface area contributed by atoms with Crippen LogP contribution in [0.2, 0.25) is 0 Å². The Morgan fingerprint density at radius 1 is 1.50 bits per heavy atom. The summed E-state index contributed by atoms with van der Waals surface area (Å²) in [5.74, 6) is -3.46. The van der Waals surface area contributed by atoms with Crippen LogP contribution in [0.1, 0.15) is 0 Å². The average Bonchev–Trinajstić information content (AvgIpc) is 2.49. The fourth-order valence-electron chi connectivity index (χ4n) is 2.33. The molecule has 0 saturated carbocycles. The molecule has 2 rings (SSSR count). The number of aliphatic carboxylic acids is 1. The molecule has 0 aliphatic carbocycles. The van der Waals surface area contributed by atoms with E-state index in [0.29, 0.717) is 5.57 Å². The van der Waals surface area contributed by atoms with E-state index >= 15 is 0 Å². The molecular weight excluding hydrogens is 373 g/mol. The molecule has 1 fully saturated rings. The molecule has 2 amide bonds. The summed E-state index contributed by atoms with van der Waals surface area (Å²) in [4.78, 5) is 36.1. The SMILES string of the molecule is COCC1=C(C(=O)O)N2C(=O)C(NC(=O)CSC(F)(F)F)[C@H]2SC1. The number of nitrogens with one attached hydrogen (secondary N) is 1. The minimum absolute atomic E-state index is 0.0460. The normalized spacial score (nSPS) is 23.7. The third-order valence-corrected chi connectivity index (χ3v) is 5.33. The maximum Gasteiger partial charge on any atom is 0.442 e. The van der Waals surface area contributed by atoms with Crippen LogP contribution in [0.25, 0.3) is 0 Å². The van der Waals surface area contributed by atoms with E-state index in [-0.39, 0.29) is 18.1 Å². The number of ether oxygens (including phenoxy) is 1. The van der Waals surface area contributed by atoms with Crippen molar-refractivity contribution in [3.63, 3.8) is 0 Å². The zero-order valence-electron chi connectivity index (χ0n) is 12.3. The van der Waals surface area contributed by atoms with E-state index in [2.05, 4.69) is 5.32 Å². The van der Waals surface area contributed by atoms with E-state index in [1.165, 1.54) is 18.9 Å². The van der Waals surface area contributed by atoms with Crippen LogP contribution in [0.4, 0.5) is 13.2 Å². The molecule has 1 unspecified atom stereocenters. The van der Waals surface area contributed by atoms with Crippen molar-refractivity contribution < 1.29 is 37.4 Å². The number of carboxylic acids is 1. The number of hydrogen-bond acceptors (Lipinski definition) is 6. The fraction of sp³-hybridized carbons (Fsp3) is 0.583. The van der Waals surface area contributed by atoms with Crippen LogP contribution in [-0.2, 0) is 19.1 Å². The highest BCUT2D eigenvalue weighted by molar-refractivity contribution is 8.00. The Balaban J connectivity index is 2.04. The van der Waals surface area contributed by atoms with Gasteiger partial charge in [0.15, 0.2) is 0 Å². The van der Waals surface area contributed by atoms with Crippen molar-refractivity contribution in [1.82, 2.24) is 10.2 Å². The zero-order valence-corrected chi connectivity index (χ0v) is 13.9. The maximum atomic E-state index is 12.1. The van der Waals surface area contributed by atoms with Crippen LogP contribution in [0.3, 0.4) is 0 Å². The Morgan fingerprint density at radius 3 is 2.71 bits per heavy atom. The van der Waals surface area contributed by atoms with Gasteiger partial charge < -0.3 is 15.2 Å². The molecule has 7 nitrogen and oxygen atoms in total. The molecule has 2 aliphatic heterocycles. The highest BCUT2D eigenvalue weighted by Crippen LogP contribution is 2.40. The molecule has 2 heterocycles. The van der Waals surface area contributed by atoms with Gasteiger partial charge in [-0.1, -0.05) is 0 Å². The Hall–Kier alpha value is -1.40. The lowest BCUT2D eigenvalue weighted by Crippen LogP contribution is -2.70. The molecule has 0 bridgehead atoms. The number of alkyl halides is 3. The largest absolute Gasteiger partial charge is 0.477 e. The average molecular weight is 386 g/mol. The van der Waals surface area contributed by atoms with Gasteiger partial charge in [-0.2, -0.15) is 13.2 Å². The van der Waals surface area contributed by atoms with Gasteiger partial charge in [0.2, 0.25) is 5.91 Å². The molecule has 12 heteroatoms. The summed E-state index contributed by atoms with van der Waals surface area (Å²) in [7, 11) is 1.39. The lowest BCUT2D eigenvalue weighted by Gasteiger charge is -2.49. The van der Waals surface area contributed by atoms with Gasteiger partial charge in [-0.3, -0.25) is 14.5 Å². The second-order valence-electron chi connectivity index (χ2n) is 4.88. The molecule has 0 aromatic heterocycles. The quantitative estimate of drug-likeness (QED) is 0.646. The predicted molar refractivity (Wildman–Crippen MR) is 80.1 cm³/mol. The third-order valence-electron chi connectivity index (χ3n) is 3.25. The van der Waals surface area contributed by atoms with Crippen LogP contribution in [0.15, 0.2) is 11.3 Å². The van der Waals surface area contributed by atoms with Gasteiger partial charge in [0.25, 0.3) is 5.91 Å². The standard InChI is InChI=1S/C12H13F3N2O5S2/c1-22-2-5-3-23-10-7(9(19)17(10)8(5)11(20)21)16-6(18)4-24-12(13,14)15/h7,10H,2-4H2,1H3,(H,16,18)(H,20,21)/t7?,10-/m1/s1. The van der Waals surface area contributed by atoms with E-state index < -0.39 is 52.2 Å². The van der Waals surface area contributed by atoms with Gasteiger partial charge in [0.1, 0.15) is 17.1 Å². The molecular formula is C12H13F3N2O5S2. The molecule has 2 aliphatic rings. The van der Waals surface area contributed by atoms with Gasteiger partial charge in [0, 0.05) is 12.9 Å². The number of carboxylic acid groups (broad SMARTS) is 1. The molecule has 0 aromatic rings. The van der Waals surface area contributed by atoms with Crippen molar-refractivity contribution in [3.8, 4) is 0 Å². The molecule has 134 valence electrons. The van der Waals surface area contributed by atoms with Gasteiger partial charge in [-0.15, -0.1) is 11.8 Å². The first-order valence-corrected chi connectivity index (χ1v) is 8.58. The minimum Gasteiger partial charge on any atom is -0.477 e. The summed E-state index contributed by atoms with van der Waals surface area (Å²) in [5, 5.41) is 10.9. The van der Waals surface area contributed by atoms with Gasteiger partial charge in [0.05, 0.1) is 12.4 Å². The Bertz CT molecular complexity index is 596. The highest BCUT2D eigenvalue weighted by Gasteiger charge is 2.54. The lowest BCUT2D eigenvalue weighted by molar-refractivity contribution is -0.150. The first-order valence-electron chi connectivity index (χ1n) is 6.54. The summed E-state index contributed by atoms with van der Waals surface area (Å²) in [6, 6.07) is -1.03. The van der Waals surface area contributed by atoms with Crippen molar-refractivity contribution >= 4 is 41.3 Å². The monoisotopic (exact) mass is 386 g/mol. The zero-order chi connectivity index (χ0) is 18.1. The predicted octanol–water partition coefficient (Wildman–Crippen LogP) is 0.624. The van der Waals surface area contributed by atoms with Gasteiger partial charge in [-0.05, 0) is 17.3 Å². The van der Waals surface area contributed by atoms with Crippen molar-refractivity contribution in [2.24, 2.45) is 0 Å². The van der Waals surface area contributed by atoms with Crippen molar-refractivity contribution in [3.05, 3.63) is 11.3 Å². The third kappa shape index (κ3) is 3.98. The van der Waals surface area contributed by atoms with Crippen molar-refractivity contribution in [2.45, 2.75) is 16.9 Å². The summed E-state index contributed by atoms with van der Waals surface area (Å²) < 4.78 is 41.1. The Labute approximate surface area is 142 Å². The Morgan fingerprint density at radius 2 is 2.17 bits per heavy atom. The van der Waals surface area contributed by atoms with Crippen molar-refractivity contribution in [2.75, 3.05) is 25.2 Å². The number of hydrogen-bond donors (Lipinski definition) is 2. The van der Waals surface area contributed by atoms with E-state index in [1.54, 1.807) is 0 Å².